The molecule has 28 heavy (non-hydrogen) atoms. The van der Waals surface area contributed by atoms with Crippen LogP contribution in [0.5, 0.6) is 11.5 Å². The Labute approximate surface area is 165 Å². The highest BCUT2D eigenvalue weighted by atomic mass is 32.2. The second-order valence-corrected chi connectivity index (χ2v) is 8.28. The predicted octanol–water partition coefficient (Wildman–Crippen LogP) is 2.29. The van der Waals surface area contributed by atoms with Gasteiger partial charge in [0.05, 0.1) is 24.7 Å². The fourth-order valence-electron chi connectivity index (χ4n) is 3.23. The minimum Gasteiger partial charge on any atom is -0.497 e. The number of ether oxygens (including phenoxy) is 2. The molecular weight excluding hydrogens is 380 g/mol. The number of carbonyl (C=O) groups is 1. The molecule has 1 fully saturated rings. The van der Waals surface area contributed by atoms with Gasteiger partial charge in [0.15, 0.2) is 0 Å². The van der Waals surface area contributed by atoms with Gasteiger partial charge in [0.25, 0.3) is 5.91 Å². The largest absolute Gasteiger partial charge is 0.497 e. The molecule has 0 radical (unpaired) electrons. The number of para-hydroxylation sites is 1. The van der Waals surface area contributed by atoms with Crippen LogP contribution in [0.25, 0.3) is 0 Å². The predicted molar refractivity (Wildman–Crippen MR) is 105 cm³/mol. The molecule has 1 saturated heterocycles. The van der Waals surface area contributed by atoms with Gasteiger partial charge in [-0.25, -0.2) is 13.1 Å². The van der Waals surface area contributed by atoms with Crippen molar-refractivity contribution in [3.05, 3.63) is 54.1 Å². The Balaban J connectivity index is 1.61. The third-order valence-corrected chi connectivity index (χ3v) is 6.35. The molecule has 0 atom stereocenters. The van der Waals surface area contributed by atoms with Gasteiger partial charge < -0.3 is 14.4 Å². The van der Waals surface area contributed by atoms with Gasteiger partial charge in [-0.3, -0.25) is 4.79 Å². The second kappa shape index (κ2) is 8.62. The number of methoxy groups -OCH3 is 2. The highest BCUT2D eigenvalue weighted by Gasteiger charge is 2.28. The lowest BCUT2D eigenvalue weighted by atomic mass is 10.0. The van der Waals surface area contributed by atoms with Crippen LogP contribution in [0.1, 0.15) is 23.2 Å². The Bertz CT molecular complexity index is 920. The summed E-state index contributed by atoms with van der Waals surface area (Å²) in [7, 11) is -0.551. The van der Waals surface area contributed by atoms with Crippen LogP contribution in [-0.2, 0) is 10.0 Å². The van der Waals surface area contributed by atoms with Gasteiger partial charge in [-0.2, -0.15) is 0 Å². The van der Waals surface area contributed by atoms with E-state index in [2.05, 4.69) is 4.72 Å². The van der Waals surface area contributed by atoms with Crippen molar-refractivity contribution in [1.29, 1.82) is 0 Å². The normalized spacial score (nSPS) is 15.3. The quantitative estimate of drug-likeness (QED) is 0.799. The maximum Gasteiger partial charge on any atom is 0.257 e. The van der Waals surface area contributed by atoms with Crippen LogP contribution in [0.2, 0.25) is 0 Å². The number of hydrogen-bond donors (Lipinski definition) is 1. The number of benzene rings is 2. The van der Waals surface area contributed by atoms with Gasteiger partial charge in [0, 0.05) is 19.1 Å². The van der Waals surface area contributed by atoms with E-state index < -0.39 is 10.0 Å². The Morgan fingerprint density at radius 3 is 2.25 bits per heavy atom. The molecule has 3 rings (SSSR count). The highest BCUT2D eigenvalue weighted by molar-refractivity contribution is 7.89. The zero-order valence-electron chi connectivity index (χ0n) is 15.9. The van der Waals surface area contributed by atoms with Gasteiger partial charge in [-0.15, -0.1) is 0 Å². The minimum atomic E-state index is -3.61. The van der Waals surface area contributed by atoms with Gasteiger partial charge in [0.2, 0.25) is 10.0 Å². The van der Waals surface area contributed by atoms with Crippen molar-refractivity contribution in [1.82, 2.24) is 9.62 Å². The maximum atomic E-state index is 12.7. The smallest absolute Gasteiger partial charge is 0.257 e. The third kappa shape index (κ3) is 4.45. The molecule has 0 aromatic heterocycles. The average molecular weight is 404 g/mol. The van der Waals surface area contributed by atoms with Crippen molar-refractivity contribution in [3.63, 3.8) is 0 Å². The van der Waals surface area contributed by atoms with Crippen LogP contribution in [0.3, 0.4) is 0 Å². The van der Waals surface area contributed by atoms with E-state index in [1.165, 1.54) is 26.4 Å². The summed E-state index contributed by atoms with van der Waals surface area (Å²) in [6, 6.07) is 13.1. The number of carbonyl (C=O) groups excluding carboxylic acids is 1. The lowest BCUT2D eigenvalue weighted by molar-refractivity contribution is 0.0708. The molecule has 1 amide bonds. The molecule has 2 aromatic carbocycles. The molecule has 0 spiro atoms. The van der Waals surface area contributed by atoms with E-state index in [1.807, 2.05) is 6.07 Å². The minimum absolute atomic E-state index is 0.103. The molecule has 1 heterocycles. The van der Waals surface area contributed by atoms with E-state index >= 15 is 0 Å². The number of piperidine rings is 1. The molecule has 0 unspecified atom stereocenters. The fraction of sp³-hybridized carbons (Fsp3) is 0.350. The lowest BCUT2D eigenvalue weighted by Gasteiger charge is -2.32. The Morgan fingerprint density at radius 2 is 1.64 bits per heavy atom. The van der Waals surface area contributed by atoms with E-state index in [9.17, 15) is 13.2 Å². The Hall–Kier alpha value is -2.58. The first-order valence-electron chi connectivity index (χ1n) is 9.03. The number of sulfonamides is 1. The van der Waals surface area contributed by atoms with Crippen LogP contribution in [-0.4, -0.2) is 52.6 Å². The summed E-state index contributed by atoms with van der Waals surface area (Å²) in [6.45, 7) is 0.958. The molecule has 0 aliphatic carbocycles. The Kier molecular flexibility index (Phi) is 6.21. The van der Waals surface area contributed by atoms with Crippen LogP contribution >= 0.6 is 0 Å². The molecule has 7 nitrogen and oxygen atoms in total. The van der Waals surface area contributed by atoms with Crippen molar-refractivity contribution in [2.75, 3.05) is 27.3 Å². The summed E-state index contributed by atoms with van der Waals surface area (Å²) >= 11 is 0. The standard InChI is InChI=1S/C20H24N2O5S/c1-26-16-7-9-17(10-8-16)28(24,25)21-15-11-13-22(14-12-15)20(23)18-5-3-4-6-19(18)27-2/h3-10,15,21H,11-14H2,1-2H3. The summed E-state index contributed by atoms with van der Waals surface area (Å²) in [5.41, 5.74) is 0.516. The summed E-state index contributed by atoms with van der Waals surface area (Å²) < 4.78 is 38.2. The average Bonchev–Trinajstić information content (AvgIpc) is 2.73. The van der Waals surface area contributed by atoms with Crippen LogP contribution in [0.15, 0.2) is 53.4 Å². The van der Waals surface area contributed by atoms with Crippen molar-refractivity contribution in [2.24, 2.45) is 0 Å². The first-order chi connectivity index (χ1) is 13.4. The first kappa shape index (κ1) is 20.2. The molecule has 0 bridgehead atoms. The number of rotatable bonds is 6. The van der Waals surface area contributed by atoms with Crippen LogP contribution < -0.4 is 14.2 Å². The van der Waals surface area contributed by atoms with Gasteiger partial charge >= 0.3 is 0 Å². The summed E-state index contributed by atoms with van der Waals surface area (Å²) in [5.74, 6) is 1.03. The summed E-state index contributed by atoms with van der Waals surface area (Å²) in [6.07, 6.45) is 1.10. The number of nitrogens with zero attached hydrogens (tertiary/aromatic N) is 1. The maximum absolute atomic E-state index is 12.7. The van der Waals surface area contributed by atoms with E-state index in [0.717, 1.165) is 0 Å². The molecule has 1 aliphatic heterocycles. The first-order valence-corrected chi connectivity index (χ1v) is 10.5. The number of amides is 1. The number of nitrogens with one attached hydrogen (secondary N) is 1. The summed E-state index contributed by atoms with van der Waals surface area (Å²) in [5, 5.41) is 0. The fourth-order valence-corrected chi connectivity index (χ4v) is 4.54. The molecule has 0 saturated carbocycles. The number of hydrogen-bond acceptors (Lipinski definition) is 5. The lowest BCUT2D eigenvalue weighted by Crippen LogP contribution is -2.46. The summed E-state index contributed by atoms with van der Waals surface area (Å²) in [4.78, 5) is 14.7. The zero-order valence-corrected chi connectivity index (χ0v) is 16.7. The number of likely N-dealkylation sites (tertiary alicyclic amines) is 1. The zero-order chi connectivity index (χ0) is 20.1. The van der Waals surface area contributed by atoms with E-state index in [1.54, 1.807) is 35.2 Å². The molecule has 8 heteroatoms. The van der Waals surface area contributed by atoms with Crippen LogP contribution in [0, 0.1) is 0 Å². The van der Waals surface area contributed by atoms with Gasteiger partial charge in [-0.05, 0) is 49.2 Å². The monoisotopic (exact) mass is 404 g/mol. The van der Waals surface area contributed by atoms with Gasteiger partial charge in [0.1, 0.15) is 11.5 Å². The second-order valence-electron chi connectivity index (χ2n) is 6.56. The van der Waals surface area contributed by atoms with Crippen molar-refractivity contribution in [2.45, 2.75) is 23.8 Å². The topological polar surface area (TPSA) is 84.9 Å². The van der Waals surface area contributed by atoms with E-state index in [4.69, 9.17) is 9.47 Å². The Morgan fingerprint density at radius 1 is 1.00 bits per heavy atom. The van der Waals surface area contributed by atoms with E-state index in [-0.39, 0.29) is 16.8 Å². The third-order valence-electron chi connectivity index (χ3n) is 4.81. The molecule has 1 N–H and O–H groups in total. The van der Waals surface area contributed by atoms with Crippen LogP contribution in [0.4, 0.5) is 0 Å². The van der Waals surface area contributed by atoms with E-state index in [0.29, 0.717) is 43.0 Å². The highest BCUT2D eigenvalue weighted by Crippen LogP contribution is 2.22. The van der Waals surface area contributed by atoms with Crippen molar-refractivity contribution in [3.8, 4) is 11.5 Å². The molecular formula is C20H24N2O5S. The van der Waals surface area contributed by atoms with Gasteiger partial charge in [-0.1, -0.05) is 12.1 Å². The SMILES string of the molecule is COc1ccc(S(=O)(=O)NC2CCN(C(=O)c3ccccc3OC)CC2)cc1. The molecule has 150 valence electrons. The molecule has 1 aliphatic rings. The van der Waals surface area contributed by atoms with Crippen molar-refractivity contribution < 1.29 is 22.7 Å². The van der Waals surface area contributed by atoms with Crippen molar-refractivity contribution >= 4 is 15.9 Å². The molecule has 2 aromatic rings.